The van der Waals surface area contributed by atoms with E-state index >= 15 is 0 Å². The highest BCUT2D eigenvalue weighted by molar-refractivity contribution is 7.89. The van der Waals surface area contributed by atoms with Gasteiger partial charge in [-0.2, -0.15) is 0 Å². The van der Waals surface area contributed by atoms with Crippen molar-refractivity contribution in [1.82, 2.24) is 4.72 Å². The van der Waals surface area contributed by atoms with Gasteiger partial charge in [0.25, 0.3) is 0 Å². The summed E-state index contributed by atoms with van der Waals surface area (Å²) in [6.07, 6.45) is 0.264. The van der Waals surface area contributed by atoms with E-state index in [0.717, 1.165) is 12.1 Å². The molecule has 7 heteroatoms. The predicted molar refractivity (Wildman–Crippen MR) is 76.2 cm³/mol. The molecule has 0 saturated carbocycles. The molecule has 0 saturated heterocycles. The Kier molecular flexibility index (Phi) is 5.50. The molecule has 114 valence electrons. The average molecular weight is 304 g/mol. The van der Waals surface area contributed by atoms with E-state index in [0.29, 0.717) is 5.56 Å². The zero-order chi connectivity index (χ0) is 15.5. The molecule has 20 heavy (non-hydrogen) atoms. The van der Waals surface area contributed by atoms with Crippen LogP contribution in [0.1, 0.15) is 25.8 Å². The van der Waals surface area contributed by atoms with E-state index in [1.807, 2.05) is 13.8 Å². The van der Waals surface area contributed by atoms with E-state index in [1.54, 1.807) is 6.92 Å². The Bertz CT molecular complexity index is 573. The SMILES string of the molecule is Cc1cc(F)c(S(=O)(=O)NC(CCO)C(C)C)cc1N. The van der Waals surface area contributed by atoms with E-state index in [2.05, 4.69) is 4.72 Å². The van der Waals surface area contributed by atoms with Gasteiger partial charge in [0.15, 0.2) is 0 Å². The third-order valence-corrected chi connectivity index (χ3v) is 4.67. The highest BCUT2D eigenvalue weighted by Gasteiger charge is 2.25. The van der Waals surface area contributed by atoms with Crippen molar-refractivity contribution in [3.05, 3.63) is 23.5 Å². The fourth-order valence-electron chi connectivity index (χ4n) is 1.80. The van der Waals surface area contributed by atoms with Crippen LogP contribution in [-0.4, -0.2) is 26.2 Å². The molecule has 0 radical (unpaired) electrons. The lowest BCUT2D eigenvalue weighted by Gasteiger charge is -2.21. The number of nitrogen functional groups attached to an aromatic ring is 1. The second kappa shape index (κ2) is 6.51. The van der Waals surface area contributed by atoms with Gasteiger partial charge in [-0.25, -0.2) is 17.5 Å². The van der Waals surface area contributed by atoms with E-state index < -0.39 is 26.8 Å². The van der Waals surface area contributed by atoms with Gasteiger partial charge >= 0.3 is 0 Å². The van der Waals surface area contributed by atoms with E-state index in [1.165, 1.54) is 0 Å². The number of benzene rings is 1. The third kappa shape index (κ3) is 3.91. The maximum Gasteiger partial charge on any atom is 0.243 e. The van der Waals surface area contributed by atoms with Gasteiger partial charge in [-0.15, -0.1) is 0 Å². The molecule has 1 unspecified atom stereocenters. The van der Waals surface area contributed by atoms with E-state index in [-0.39, 0.29) is 24.6 Å². The van der Waals surface area contributed by atoms with Crippen molar-refractivity contribution in [2.45, 2.75) is 38.1 Å². The second-order valence-corrected chi connectivity index (χ2v) is 6.81. The third-order valence-electron chi connectivity index (χ3n) is 3.16. The molecule has 0 aromatic heterocycles. The van der Waals surface area contributed by atoms with Crippen molar-refractivity contribution < 1.29 is 17.9 Å². The summed E-state index contributed by atoms with van der Waals surface area (Å²) in [4.78, 5) is -0.468. The number of nitrogens with one attached hydrogen (secondary N) is 1. The maximum absolute atomic E-state index is 13.8. The average Bonchev–Trinajstić information content (AvgIpc) is 2.32. The largest absolute Gasteiger partial charge is 0.398 e. The predicted octanol–water partition coefficient (Wildman–Crippen LogP) is 1.40. The molecule has 1 atom stereocenters. The van der Waals surface area contributed by atoms with Crippen molar-refractivity contribution in [3.8, 4) is 0 Å². The van der Waals surface area contributed by atoms with Gasteiger partial charge < -0.3 is 10.8 Å². The first kappa shape index (κ1) is 16.9. The smallest absolute Gasteiger partial charge is 0.243 e. The summed E-state index contributed by atoms with van der Waals surface area (Å²) in [5, 5.41) is 8.96. The molecular weight excluding hydrogens is 283 g/mol. The summed E-state index contributed by atoms with van der Waals surface area (Å²) in [6, 6.07) is 1.75. The number of hydrogen-bond acceptors (Lipinski definition) is 4. The molecule has 0 bridgehead atoms. The first-order chi connectivity index (χ1) is 9.19. The zero-order valence-electron chi connectivity index (χ0n) is 11.9. The van der Waals surface area contributed by atoms with Crippen LogP contribution in [0.2, 0.25) is 0 Å². The Balaban J connectivity index is 3.13. The number of rotatable bonds is 6. The number of nitrogens with two attached hydrogens (primary N) is 1. The normalized spacial score (nSPS) is 13.7. The number of aliphatic hydroxyl groups excluding tert-OH is 1. The van der Waals surface area contributed by atoms with Crippen molar-refractivity contribution in [2.75, 3.05) is 12.3 Å². The quantitative estimate of drug-likeness (QED) is 0.693. The Labute approximate surface area is 119 Å². The lowest BCUT2D eigenvalue weighted by Crippen LogP contribution is -2.39. The molecular formula is C13H21FN2O3S. The summed E-state index contributed by atoms with van der Waals surface area (Å²) in [5.41, 5.74) is 6.34. The molecule has 1 aromatic carbocycles. The highest BCUT2D eigenvalue weighted by atomic mass is 32.2. The number of anilines is 1. The Morgan fingerprint density at radius 3 is 2.50 bits per heavy atom. The van der Waals surface area contributed by atoms with Crippen LogP contribution in [0.5, 0.6) is 0 Å². The molecule has 0 aliphatic carbocycles. The first-order valence-corrected chi connectivity index (χ1v) is 7.86. The van der Waals surface area contributed by atoms with Gasteiger partial charge in [0.1, 0.15) is 10.7 Å². The zero-order valence-corrected chi connectivity index (χ0v) is 12.7. The summed E-state index contributed by atoms with van der Waals surface area (Å²) in [5.74, 6) is -0.863. The van der Waals surface area contributed by atoms with Crippen molar-refractivity contribution >= 4 is 15.7 Å². The summed E-state index contributed by atoms with van der Waals surface area (Å²) < 4.78 is 40.7. The van der Waals surface area contributed by atoms with Crippen LogP contribution in [0.25, 0.3) is 0 Å². The minimum Gasteiger partial charge on any atom is -0.398 e. The monoisotopic (exact) mass is 304 g/mol. The molecule has 0 heterocycles. The molecule has 0 spiro atoms. The number of halogens is 1. The number of aryl methyl sites for hydroxylation is 1. The molecule has 0 amide bonds. The number of aliphatic hydroxyl groups is 1. The molecule has 0 fully saturated rings. The highest BCUT2D eigenvalue weighted by Crippen LogP contribution is 2.22. The van der Waals surface area contributed by atoms with E-state index in [4.69, 9.17) is 10.8 Å². The van der Waals surface area contributed by atoms with Crippen molar-refractivity contribution in [1.29, 1.82) is 0 Å². The minimum absolute atomic E-state index is 0.0252. The van der Waals surface area contributed by atoms with Crippen molar-refractivity contribution in [2.24, 2.45) is 5.92 Å². The maximum atomic E-state index is 13.8. The Morgan fingerprint density at radius 1 is 1.40 bits per heavy atom. The van der Waals surface area contributed by atoms with Gasteiger partial charge in [0, 0.05) is 18.3 Å². The van der Waals surface area contributed by atoms with E-state index in [9.17, 15) is 12.8 Å². The summed E-state index contributed by atoms with van der Waals surface area (Å²) in [6.45, 7) is 5.10. The minimum atomic E-state index is -4.01. The van der Waals surface area contributed by atoms with Gasteiger partial charge in [-0.05, 0) is 37.0 Å². The number of hydrogen-bond donors (Lipinski definition) is 3. The van der Waals surface area contributed by atoms with Crippen LogP contribution >= 0.6 is 0 Å². The van der Waals surface area contributed by atoms with Gasteiger partial charge in [0.05, 0.1) is 0 Å². The van der Waals surface area contributed by atoms with Crippen LogP contribution in [0.3, 0.4) is 0 Å². The van der Waals surface area contributed by atoms with Crippen LogP contribution < -0.4 is 10.5 Å². The standard InChI is InChI=1S/C13H21FN2O3S/c1-8(2)12(4-5-17)16-20(18,19)13-7-11(15)9(3)6-10(13)14/h6-8,12,16-17H,4-5,15H2,1-3H3. The number of sulfonamides is 1. The first-order valence-electron chi connectivity index (χ1n) is 6.38. The lowest BCUT2D eigenvalue weighted by molar-refractivity contribution is 0.256. The second-order valence-electron chi connectivity index (χ2n) is 5.12. The molecule has 5 nitrogen and oxygen atoms in total. The lowest BCUT2D eigenvalue weighted by atomic mass is 10.0. The summed E-state index contributed by atoms with van der Waals surface area (Å²) >= 11 is 0. The van der Waals surface area contributed by atoms with Gasteiger partial charge in [-0.3, -0.25) is 0 Å². The topological polar surface area (TPSA) is 92.4 Å². The fraction of sp³-hybridized carbons (Fsp3) is 0.538. The van der Waals surface area contributed by atoms with Crippen LogP contribution in [0.4, 0.5) is 10.1 Å². The Hall–Kier alpha value is -1.18. The van der Waals surface area contributed by atoms with Crippen LogP contribution in [0.15, 0.2) is 17.0 Å². The van der Waals surface area contributed by atoms with Gasteiger partial charge in [-0.1, -0.05) is 13.8 Å². The molecule has 1 rings (SSSR count). The van der Waals surface area contributed by atoms with Crippen LogP contribution in [-0.2, 0) is 10.0 Å². The van der Waals surface area contributed by atoms with Gasteiger partial charge in [0.2, 0.25) is 10.0 Å². The summed E-state index contributed by atoms with van der Waals surface area (Å²) in [7, 11) is -4.01. The molecule has 4 N–H and O–H groups in total. The molecule has 1 aromatic rings. The molecule has 0 aliphatic rings. The molecule has 0 aliphatic heterocycles. The van der Waals surface area contributed by atoms with Crippen LogP contribution in [0, 0.1) is 18.7 Å². The van der Waals surface area contributed by atoms with Crippen molar-refractivity contribution in [3.63, 3.8) is 0 Å². The fourth-order valence-corrected chi connectivity index (χ4v) is 3.32. The Morgan fingerprint density at radius 2 is 2.00 bits per heavy atom.